The van der Waals surface area contributed by atoms with Gasteiger partial charge in [0.05, 0.1) is 0 Å². The van der Waals surface area contributed by atoms with E-state index in [0.717, 1.165) is 0 Å². The summed E-state index contributed by atoms with van der Waals surface area (Å²) in [7, 11) is 0. The normalized spacial score (nSPS) is 19.3. The summed E-state index contributed by atoms with van der Waals surface area (Å²) in [6.07, 6.45) is 3.75. The minimum Gasteiger partial charge on any atom is -0.391 e. The van der Waals surface area contributed by atoms with Gasteiger partial charge in [-0.25, -0.2) is 0 Å². The molecule has 1 fully saturated rings. The lowest BCUT2D eigenvalue weighted by molar-refractivity contribution is -0.196. The van der Waals surface area contributed by atoms with Crippen LogP contribution >= 0.6 is 0 Å². The van der Waals surface area contributed by atoms with Gasteiger partial charge < -0.3 is 4.74 Å². The smallest absolute Gasteiger partial charge is 0.331 e. The average molecular weight is 166 g/mol. The topological polar surface area (TPSA) is 43.4 Å². The van der Waals surface area contributed by atoms with Crippen LogP contribution in [0.1, 0.15) is 12.8 Å². The molecular formula is C9H10O3. The number of hydrogen-bond donors (Lipinski definition) is 0. The first-order valence-electron chi connectivity index (χ1n) is 3.66. The predicted molar refractivity (Wildman–Crippen MR) is 43.2 cm³/mol. The van der Waals surface area contributed by atoms with Gasteiger partial charge in [0, 0.05) is 0 Å². The quantitative estimate of drug-likeness (QED) is 0.358. The molecule has 0 atom stereocenters. The molecule has 0 aliphatic carbocycles. The SMILES string of the molecule is C=CCC1(CC=C)C(=O)OC1=O. The van der Waals surface area contributed by atoms with Crippen LogP contribution in [0.4, 0.5) is 0 Å². The van der Waals surface area contributed by atoms with Crippen LogP contribution in [0.2, 0.25) is 0 Å². The first-order chi connectivity index (χ1) is 5.67. The molecule has 12 heavy (non-hydrogen) atoms. The fourth-order valence-electron chi connectivity index (χ4n) is 1.23. The Morgan fingerprint density at radius 2 is 1.58 bits per heavy atom. The van der Waals surface area contributed by atoms with Gasteiger partial charge >= 0.3 is 11.9 Å². The largest absolute Gasteiger partial charge is 0.391 e. The molecule has 0 aromatic carbocycles. The average Bonchev–Trinajstić information content (AvgIpc) is 2.04. The van der Waals surface area contributed by atoms with Crippen molar-refractivity contribution >= 4 is 11.9 Å². The van der Waals surface area contributed by atoms with E-state index in [1.807, 2.05) is 0 Å². The summed E-state index contributed by atoms with van der Waals surface area (Å²) in [5.41, 5.74) is -0.997. The van der Waals surface area contributed by atoms with Crippen LogP contribution < -0.4 is 0 Å². The third-order valence-corrected chi connectivity index (χ3v) is 1.95. The molecule has 3 heteroatoms. The fourth-order valence-corrected chi connectivity index (χ4v) is 1.23. The van der Waals surface area contributed by atoms with Gasteiger partial charge in [-0.2, -0.15) is 0 Å². The van der Waals surface area contributed by atoms with Gasteiger partial charge in [0.2, 0.25) is 0 Å². The molecule has 0 spiro atoms. The molecule has 0 aromatic rings. The third kappa shape index (κ3) is 0.978. The van der Waals surface area contributed by atoms with E-state index in [1.54, 1.807) is 12.2 Å². The number of allylic oxidation sites excluding steroid dienone is 2. The lowest BCUT2D eigenvalue weighted by atomic mass is 9.77. The van der Waals surface area contributed by atoms with Gasteiger partial charge in [-0.1, -0.05) is 12.2 Å². The van der Waals surface area contributed by atoms with Crippen molar-refractivity contribution in [3.63, 3.8) is 0 Å². The van der Waals surface area contributed by atoms with Crippen molar-refractivity contribution in [1.82, 2.24) is 0 Å². The fraction of sp³-hybridized carbons (Fsp3) is 0.333. The van der Waals surface area contributed by atoms with Gasteiger partial charge in [0.1, 0.15) is 0 Å². The molecule has 1 saturated heterocycles. The minimum atomic E-state index is -0.997. The van der Waals surface area contributed by atoms with Crippen LogP contribution in [0.15, 0.2) is 25.3 Å². The van der Waals surface area contributed by atoms with Gasteiger partial charge in [0.15, 0.2) is 5.41 Å². The first-order valence-corrected chi connectivity index (χ1v) is 3.66. The van der Waals surface area contributed by atoms with Gasteiger partial charge in [-0.05, 0) is 12.8 Å². The summed E-state index contributed by atoms with van der Waals surface area (Å²) < 4.78 is 4.29. The van der Waals surface area contributed by atoms with Crippen molar-refractivity contribution in [2.24, 2.45) is 5.41 Å². The van der Waals surface area contributed by atoms with Crippen molar-refractivity contribution in [2.45, 2.75) is 12.8 Å². The maximum atomic E-state index is 11.0. The van der Waals surface area contributed by atoms with Crippen LogP contribution in [0, 0.1) is 5.41 Å². The molecule has 64 valence electrons. The van der Waals surface area contributed by atoms with Crippen LogP contribution in [0.5, 0.6) is 0 Å². The zero-order valence-electron chi connectivity index (χ0n) is 6.71. The van der Waals surface area contributed by atoms with E-state index >= 15 is 0 Å². The van der Waals surface area contributed by atoms with E-state index < -0.39 is 17.4 Å². The molecule has 1 aliphatic rings. The molecule has 0 bridgehead atoms. The predicted octanol–water partition coefficient (Wildman–Crippen LogP) is 1.21. The molecule has 3 nitrogen and oxygen atoms in total. The minimum absolute atomic E-state index is 0.330. The summed E-state index contributed by atoms with van der Waals surface area (Å²) in [5, 5.41) is 0. The van der Waals surface area contributed by atoms with Crippen molar-refractivity contribution in [3.05, 3.63) is 25.3 Å². The Balaban J connectivity index is 2.84. The molecule has 1 aliphatic heterocycles. The number of hydrogen-bond acceptors (Lipinski definition) is 3. The van der Waals surface area contributed by atoms with E-state index in [0.29, 0.717) is 12.8 Å². The maximum absolute atomic E-state index is 11.0. The number of rotatable bonds is 4. The molecule has 1 rings (SSSR count). The van der Waals surface area contributed by atoms with Crippen molar-refractivity contribution in [2.75, 3.05) is 0 Å². The number of cyclic esters (lactones) is 2. The summed E-state index contributed by atoms with van der Waals surface area (Å²) >= 11 is 0. The highest BCUT2D eigenvalue weighted by Crippen LogP contribution is 2.38. The lowest BCUT2D eigenvalue weighted by Crippen LogP contribution is -2.52. The summed E-state index contributed by atoms with van der Waals surface area (Å²) in [6.45, 7) is 6.97. The second-order valence-electron chi connectivity index (χ2n) is 2.74. The lowest BCUT2D eigenvalue weighted by Gasteiger charge is -2.34. The van der Waals surface area contributed by atoms with Crippen LogP contribution in [0.3, 0.4) is 0 Å². The maximum Gasteiger partial charge on any atom is 0.331 e. The summed E-state index contributed by atoms with van der Waals surface area (Å²) in [6, 6.07) is 0. The Kier molecular flexibility index (Phi) is 2.13. The van der Waals surface area contributed by atoms with E-state index in [2.05, 4.69) is 17.9 Å². The molecule has 0 unspecified atom stereocenters. The van der Waals surface area contributed by atoms with Gasteiger partial charge in [0.25, 0.3) is 0 Å². The first kappa shape index (κ1) is 8.71. The van der Waals surface area contributed by atoms with Crippen molar-refractivity contribution < 1.29 is 14.3 Å². The molecular weight excluding hydrogens is 156 g/mol. The number of carbonyl (C=O) groups is 2. The molecule has 0 N–H and O–H groups in total. The van der Waals surface area contributed by atoms with Crippen LogP contribution in [-0.2, 0) is 14.3 Å². The molecule has 1 heterocycles. The Morgan fingerprint density at radius 3 is 1.83 bits per heavy atom. The number of esters is 2. The van der Waals surface area contributed by atoms with E-state index in [1.165, 1.54) is 0 Å². The second kappa shape index (κ2) is 2.93. The Morgan fingerprint density at radius 1 is 1.17 bits per heavy atom. The molecule has 0 saturated carbocycles. The molecule has 0 amide bonds. The second-order valence-corrected chi connectivity index (χ2v) is 2.74. The van der Waals surface area contributed by atoms with Crippen molar-refractivity contribution in [3.8, 4) is 0 Å². The standard InChI is InChI=1S/C9H10O3/c1-3-5-9(6-4-2)7(10)12-8(9)11/h3-4H,1-2,5-6H2. The third-order valence-electron chi connectivity index (χ3n) is 1.95. The zero-order chi connectivity index (χ0) is 9.19. The van der Waals surface area contributed by atoms with E-state index in [4.69, 9.17) is 0 Å². The highest BCUT2D eigenvalue weighted by Gasteiger charge is 2.56. The molecule has 0 radical (unpaired) electrons. The Hall–Kier alpha value is -1.38. The Bertz CT molecular complexity index is 226. The number of ether oxygens (including phenoxy) is 1. The van der Waals surface area contributed by atoms with Gasteiger partial charge in [-0.15, -0.1) is 13.2 Å². The van der Waals surface area contributed by atoms with Crippen LogP contribution in [-0.4, -0.2) is 11.9 Å². The highest BCUT2D eigenvalue weighted by molar-refractivity contribution is 6.14. The Labute approximate surface area is 70.7 Å². The van der Waals surface area contributed by atoms with Crippen LogP contribution in [0.25, 0.3) is 0 Å². The number of carbonyl (C=O) groups excluding carboxylic acids is 2. The van der Waals surface area contributed by atoms with E-state index in [-0.39, 0.29) is 0 Å². The van der Waals surface area contributed by atoms with Gasteiger partial charge in [-0.3, -0.25) is 9.59 Å². The highest BCUT2D eigenvalue weighted by atomic mass is 16.6. The molecule has 0 aromatic heterocycles. The monoisotopic (exact) mass is 166 g/mol. The van der Waals surface area contributed by atoms with E-state index in [9.17, 15) is 9.59 Å². The summed E-state index contributed by atoms with van der Waals surface area (Å²) in [4.78, 5) is 22.0. The summed E-state index contributed by atoms with van der Waals surface area (Å²) in [5.74, 6) is -0.931. The zero-order valence-corrected chi connectivity index (χ0v) is 6.71. The van der Waals surface area contributed by atoms with Crippen molar-refractivity contribution in [1.29, 1.82) is 0 Å².